The van der Waals surface area contributed by atoms with Crippen LogP contribution < -0.4 is 5.32 Å². The van der Waals surface area contributed by atoms with E-state index < -0.39 is 17.2 Å². The van der Waals surface area contributed by atoms with Gasteiger partial charge in [0.15, 0.2) is 0 Å². The van der Waals surface area contributed by atoms with E-state index in [0.29, 0.717) is 13.0 Å². The van der Waals surface area contributed by atoms with Crippen LogP contribution in [0.5, 0.6) is 0 Å². The van der Waals surface area contributed by atoms with E-state index in [2.05, 4.69) is 5.32 Å². The Labute approximate surface area is 105 Å². The second kappa shape index (κ2) is 5.61. The monoisotopic (exact) mass is 261 g/mol. The van der Waals surface area contributed by atoms with Gasteiger partial charge in [0.25, 0.3) is 0 Å². The van der Waals surface area contributed by atoms with Crippen LogP contribution in [0.3, 0.4) is 0 Å². The van der Waals surface area contributed by atoms with Gasteiger partial charge in [-0.25, -0.2) is 0 Å². The topological polar surface area (TPSA) is 32.3 Å². The Kier molecular flexibility index (Phi) is 4.62. The van der Waals surface area contributed by atoms with E-state index in [0.717, 1.165) is 6.07 Å². The average Bonchev–Trinajstić information content (AvgIpc) is 2.35. The summed E-state index contributed by atoms with van der Waals surface area (Å²) < 4.78 is 38.2. The first-order valence-electron chi connectivity index (χ1n) is 5.83. The first-order valence-corrected chi connectivity index (χ1v) is 5.83. The summed E-state index contributed by atoms with van der Waals surface area (Å²) in [6, 6.07) is 5.36. The van der Waals surface area contributed by atoms with Crippen LogP contribution in [0.15, 0.2) is 24.3 Å². The molecule has 0 heterocycles. The molecule has 5 heteroatoms. The normalized spacial score (nSPS) is 15.2. The van der Waals surface area contributed by atoms with Crippen molar-refractivity contribution in [1.82, 2.24) is 0 Å². The van der Waals surface area contributed by atoms with Crippen molar-refractivity contribution in [2.75, 3.05) is 18.5 Å². The maximum atomic E-state index is 12.7. The Morgan fingerprint density at radius 2 is 1.83 bits per heavy atom. The lowest BCUT2D eigenvalue weighted by Gasteiger charge is -2.27. The Morgan fingerprint density at radius 3 is 2.33 bits per heavy atom. The second-order valence-corrected chi connectivity index (χ2v) is 4.72. The summed E-state index contributed by atoms with van der Waals surface area (Å²) in [4.78, 5) is 0. The van der Waals surface area contributed by atoms with Crippen molar-refractivity contribution in [1.29, 1.82) is 0 Å². The van der Waals surface area contributed by atoms with Gasteiger partial charge in [-0.05, 0) is 18.6 Å². The molecule has 0 aliphatic rings. The molecule has 0 spiro atoms. The van der Waals surface area contributed by atoms with Gasteiger partial charge in [0.05, 0.1) is 12.2 Å². The second-order valence-electron chi connectivity index (χ2n) is 4.72. The van der Waals surface area contributed by atoms with Crippen molar-refractivity contribution >= 4 is 5.69 Å². The third-order valence-corrected chi connectivity index (χ3v) is 3.17. The van der Waals surface area contributed by atoms with E-state index >= 15 is 0 Å². The highest BCUT2D eigenvalue weighted by Gasteiger charge is 2.33. The highest BCUT2D eigenvalue weighted by Crippen LogP contribution is 2.35. The van der Waals surface area contributed by atoms with Crippen LogP contribution in [-0.2, 0) is 6.18 Å². The molecular weight excluding hydrogens is 243 g/mol. The molecule has 1 rings (SSSR count). The van der Waals surface area contributed by atoms with Crippen molar-refractivity contribution in [2.45, 2.75) is 26.4 Å². The lowest BCUT2D eigenvalue weighted by molar-refractivity contribution is -0.137. The molecule has 0 fully saturated rings. The van der Waals surface area contributed by atoms with Gasteiger partial charge in [-0.15, -0.1) is 0 Å². The van der Waals surface area contributed by atoms with Crippen LogP contribution in [0, 0.1) is 5.41 Å². The summed E-state index contributed by atoms with van der Waals surface area (Å²) in [6.07, 6.45) is -3.68. The summed E-state index contributed by atoms with van der Waals surface area (Å²) >= 11 is 0. The van der Waals surface area contributed by atoms with Gasteiger partial charge < -0.3 is 10.4 Å². The molecule has 0 saturated heterocycles. The van der Waals surface area contributed by atoms with Crippen LogP contribution in [0.25, 0.3) is 0 Å². The standard InChI is InChI=1S/C13H18F3NO/c1-3-12(2,9-18)8-17-11-7-5-4-6-10(11)13(14,15)16/h4-7,17-18H,3,8-9H2,1-2H3. The number of rotatable bonds is 5. The number of para-hydroxylation sites is 1. The molecule has 1 atom stereocenters. The first kappa shape index (κ1) is 14.8. The average molecular weight is 261 g/mol. The van der Waals surface area contributed by atoms with E-state index in [4.69, 9.17) is 0 Å². The maximum Gasteiger partial charge on any atom is 0.418 e. The number of aliphatic hydroxyl groups excluding tert-OH is 1. The zero-order chi connectivity index (χ0) is 13.8. The fourth-order valence-electron chi connectivity index (χ4n) is 1.49. The van der Waals surface area contributed by atoms with Crippen LogP contribution >= 0.6 is 0 Å². The van der Waals surface area contributed by atoms with Gasteiger partial charge in [0.2, 0.25) is 0 Å². The SMILES string of the molecule is CCC(C)(CO)CNc1ccccc1C(F)(F)F. The molecule has 2 nitrogen and oxygen atoms in total. The highest BCUT2D eigenvalue weighted by atomic mass is 19.4. The van der Waals surface area contributed by atoms with Gasteiger partial charge in [-0.2, -0.15) is 13.2 Å². The Bertz CT molecular complexity index is 386. The molecule has 0 aliphatic heterocycles. The zero-order valence-electron chi connectivity index (χ0n) is 10.5. The largest absolute Gasteiger partial charge is 0.418 e. The number of aliphatic hydroxyl groups is 1. The minimum atomic E-state index is -4.37. The maximum absolute atomic E-state index is 12.7. The number of hydrogen-bond donors (Lipinski definition) is 2. The van der Waals surface area contributed by atoms with E-state index in [1.54, 1.807) is 6.07 Å². The number of hydrogen-bond acceptors (Lipinski definition) is 2. The molecule has 0 bridgehead atoms. The molecule has 0 radical (unpaired) electrons. The molecule has 1 aromatic rings. The summed E-state index contributed by atoms with van der Waals surface area (Å²) in [5, 5.41) is 12.0. The van der Waals surface area contributed by atoms with Crippen LogP contribution in [-0.4, -0.2) is 18.3 Å². The van der Waals surface area contributed by atoms with Gasteiger partial charge in [-0.3, -0.25) is 0 Å². The predicted molar refractivity (Wildman–Crippen MR) is 65.4 cm³/mol. The number of alkyl halides is 3. The van der Waals surface area contributed by atoms with Crippen LogP contribution in [0.1, 0.15) is 25.8 Å². The number of benzene rings is 1. The minimum absolute atomic E-state index is 0.0538. The van der Waals surface area contributed by atoms with Crippen molar-refractivity contribution in [3.63, 3.8) is 0 Å². The Balaban J connectivity index is 2.86. The van der Waals surface area contributed by atoms with E-state index in [1.165, 1.54) is 12.1 Å². The molecule has 2 N–H and O–H groups in total. The third-order valence-electron chi connectivity index (χ3n) is 3.17. The molecule has 102 valence electrons. The van der Waals surface area contributed by atoms with Gasteiger partial charge in [0, 0.05) is 17.6 Å². The van der Waals surface area contributed by atoms with Crippen LogP contribution in [0.4, 0.5) is 18.9 Å². The molecule has 1 unspecified atom stereocenters. The number of anilines is 1. The number of halogens is 3. The lowest BCUT2D eigenvalue weighted by Crippen LogP contribution is -2.30. The zero-order valence-corrected chi connectivity index (χ0v) is 10.5. The molecule has 18 heavy (non-hydrogen) atoms. The predicted octanol–water partition coefficient (Wildman–Crippen LogP) is 3.53. The summed E-state index contributed by atoms with van der Waals surface area (Å²) in [5.41, 5.74) is -1.04. The summed E-state index contributed by atoms with van der Waals surface area (Å²) in [5.74, 6) is 0. The third kappa shape index (κ3) is 3.63. The van der Waals surface area contributed by atoms with Gasteiger partial charge in [0.1, 0.15) is 0 Å². The fourth-order valence-corrected chi connectivity index (χ4v) is 1.49. The fraction of sp³-hybridized carbons (Fsp3) is 0.538. The van der Waals surface area contributed by atoms with E-state index in [-0.39, 0.29) is 12.3 Å². The van der Waals surface area contributed by atoms with Crippen molar-refractivity contribution in [3.8, 4) is 0 Å². The molecule has 0 amide bonds. The van der Waals surface area contributed by atoms with E-state index in [9.17, 15) is 18.3 Å². The summed E-state index contributed by atoms with van der Waals surface area (Å²) in [6.45, 7) is 3.96. The molecular formula is C13H18F3NO. The molecule has 0 aliphatic carbocycles. The lowest BCUT2D eigenvalue weighted by atomic mass is 9.88. The smallest absolute Gasteiger partial charge is 0.396 e. The van der Waals surface area contributed by atoms with E-state index in [1.807, 2.05) is 13.8 Å². The van der Waals surface area contributed by atoms with Crippen molar-refractivity contribution in [2.24, 2.45) is 5.41 Å². The van der Waals surface area contributed by atoms with Crippen molar-refractivity contribution in [3.05, 3.63) is 29.8 Å². The highest BCUT2D eigenvalue weighted by molar-refractivity contribution is 5.52. The molecule has 0 saturated carbocycles. The Hall–Kier alpha value is -1.23. The summed E-state index contributed by atoms with van der Waals surface area (Å²) in [7, 11) is 0. The molecule has 0 aromatic heterocycles. The van der Waals surface area contributed by atoms with Crippen molar-refractivity contribution < 1.29 is 18.3 Å². The van der Waals surface area contributed by atoms with Gasteiger partial charge in [-0.1, -0.05) is 26.0 Å². The van der Waals surface area contributed by atoms with Crippen LogP contribution in [0.2, 0.25) is 0 Å². The first-order chi connectivity index (χ1) is 8.32. The molecule has 1 aromatic carbocycles. The Morgan fingerprint density at radius 1 is 1.22 bits per heavy atom. The number of nitrogens with one attached hydrogen (secondary N) is 1. The quantitative estimate of drug-likeness (QED) is 0.850. The van der Waals surface area contributed by atoms with Gasteiger partial charge >= 0.3 is 6.18 Å². The minimum Gasteiger partial charge on any atom is -0.396 e.